The molecule has 0 saturated heterocycles. The summed E-state index contributed by atoms with van der Waals surface area (Å²) < 4.78 is 62.1. The molecule has 1 aromatic heterocycles. The second-order valence-corrected chi connectivity index (χ2v) is 11.8. The summed E-state index contributed by atoms with van der Waals surface area (Å²) in [7, 11) is 1.03. The Morgan fingerprint density at radius 1 is 1.16 bits per heavy atom. The monoisotopic (exact) mass is 712 g/mol. The maximum absolute atomic E-state index is 13.9. The van der Waals surface area contributed by atoms with Gasteiger partial charge in [-0.2, -0.15) is 13.2 Å². The molecule has 2 atom stereocenters. The number of hydrogen-bond donors (Lipinski definition) is 2. The largest absolute Gasteiger partial charge is 0.516 e. The van der Waals surface area contributed by atoms with Crippen molar-refractivity contribution in [3.63, 3.8) is 0 Å². The number of benzene rings is 2. The van der Waals surface area contributed by atoms with Crippen molar-refractivity contribution in [2.75, 3.05) is 13.7 Å². The first kappa shape index (κ1) is 37.8. The molecular formula is C37H35F3O9S. The van der Waals surface area contributed by atoms with E-state index in [0.717, 1.165) is 25.3 Å². The number of carbonyl (C=O) groups is 2. The predicted octanol–water partition coefficient (Wildman–Crippen LogP) is 6.40. The number of phenolic OH excluding ortho intramolecular Hbond substituents is 1. The third kappa shape index (κ3) is 8.96. The van der Waals surface area contributed by atoms with Crippen LogP contribution in [0, 0.1) is 0 Å². The third-order valence-electron chi connectivity index (χ3n) is 7.78. The number of allylic oxidation sites excluding steroid dienone is 2. The fraction of sp³-hybridized carbons (Fsp3) is 0.297. The summed E-state index contributed by atoms with van der Waals surface area (Å²) >= 11 is 5.21. The number of Topliss-reactive ketones (excluding diaryl/α,β-unsaturated/α-hetero) is 1. The van der Waals surface area contributed by atoms with E-state index in [1.165, 1.54) is 43.4 Å². The molecule has 2 N–H and O–H groups in total. The van der Waals surface area contributed by atoms with E-state index in [1.54, 1.807) is 18.2 Å². The molecule has 0 fully saturated rings. The molecule has 0 spiro atoms. The lowest BCUT2D eigenvalue weighted by molar-refractivity contribution is -0.137. The van der Waals surface area contributed by atoms with Crippen molar-refractivity contribution in [3.05, 3.63) is 109 Å². The second-order valence-electron chi connectivity index (χ2n) is 11.3. The van der Waals surface area contributed by atoms with Crippen molar-refractivity contribution in [2.45, 2.75) is 57.7 Å². The Morgan fingerprint density at radius 2 is 1.92 bits per heavy atom. The Labute approximate surface area is 290 Å². The van der Waals surface area contributed by atoms with Crippen molar-refractivity contribution in [2.24, 2.45) is 0 Å². The van der Waals surface area contributed by atoms with Crippen molar-refractivity contribution in [1.82, 2.24) is 0 Å². The number of hydrogen-bond acceptors (Lipinski definition) is 10. The Hall–Kier alpha value is -5.01. The smallest absolute Gasteiger partial charge is 0.507 e. The minimum atomic E-state index is -4.70. The van der Waals surface area contributed by atoms with Gasteiger partial charge in [-0.05, 0) is 55.7 Å². The molecule has 0 amide bonds. The van der Waals surface area contributed by atoms with E-state index in [2.05, 4.69) is 4.74 Å². The van der Waals surface area contributed by atoms with Crippen LogP contribution < -0.4 is 25.5 Å². The van der Waals surface area contributed by atoms with Gasteiger partial charge in [0.25, 0.3) is 0 Å². The van der Waals surface area contributed by atoms with Crippen molar-refractivity contribution >= 4 is 41.2 Å². The van der Waals surface area contributed by atoms with Gasteiger partial charge in [-0.1, -0.05) is 68.1 Å². The molecule has 1 heterocycles. The number of ether oxygens (including phenoxy) is 3. The third-order valence-corrected chi connectivity index (χ3v) is 8.06. The van der Waals surface area contributed by atoms with E-state index in [-0.39, 0.29) is 51.9 Å². The Bertz CT molecular complexity index is 2010. The van der Waals surface area contributed by atoms with Crippen molar-refractivity contribution in [1.29, 1.82) is 0 Å². The number of fused-ring (bicyclic) bond motifs is 1. The van der Waals surface area contributed by atoms with E-state index >= 15 is 0 Å². The fourth-order valence-electron chi connectivity index (χ4n) is 5.34. The fourth-order valence-corrected chi connectivity index (χ4v) is 5.53. The van der Waals surface area contributed by atoms with Crippen LogP contribution in [0.1, 0.15) is 77.7 Å². The van der Waals surface area contributed by atoms with Crippen LogP contribution in [0.3, 0.4) is 0 Å². The number of methoxy groups -OCH3 is 1. The van der Waals surface area contributed by atoms with Gasteiger partial charge in [0, 0.05) is 22.8 Å². The van der Waals surface area contributed by atoms with E-state index < -0.39 is 41.3 Å². The highest BCUT2D eigenvalue weighted by molar-refractivity contribution is 7.81. The minimum absolute atomic E-state index is 0.0106. The van der Waals surface area contributed by atoms with E-state index in [1.807, 2.05) is 6.92 Å². The van der Waals surface area contributed by atoms with Gasteiger partial charge in [0.05, 0.1) is 41.7 Å². The van der Waals surface area contributed by atoms with Crippen LogP contribution in [0.15, 0.2) is 69.9 Å². The highest BCUT2D eigenvalue weighted by atomic mass is 32.1. The summed E-state index contributed by atoms with van der Waals surface area (Å²) in [4.78, 5) is 38.4. The molecule has 50 heavy (non-hydrogen) atoms. The summed E-state index contributed by atoms with van der Waals surface area (Å²) in [5.41, 5.74) is -1.45. The zero-order valence-electron chi connectivity index (χ0n) is 27.4. The standard InChI is InChI=1S/C37H35F3O9S/c1-4-10-26-29(17-16-25(21(2)41)33(26)43)47-18-8-6-5-7-13-28(32(42)22-11-9-12-23(19-22)37(38,39)40)31-34(44)27-15-14-24(50)20-30(27)48-35(31)49-36(45)46-3/h5-7,9,11-13,15-17,19-20,28,32,42-43H,4,8,10,14,18H2,1-3H3/b6-5-,13-7+/t28-,32-/m0/s1. The van der Waals surface area contributed by atoms with Gasteiger partial charge in [-0.25, -0.2) is 4.79 Å². The lowest BCUT2D eigenvalue weighted by Gasteiger charge is -2.22. The van der Waals surface area contributed by atoms with Gasteiger partial charge in [0.2, 0.25) is 0 Å². The average molecular weight is 713 g/mol. The molecule has 0 unspecified atom stereocenters. The lowest BCUT2D eigenvalue weighted by Crippen LogP contribution is -2.44. The van der Waals surface area contributed by atoms with Crippen LogP contribution in [-0.4, -0.2) is 40.7 Å². The van der Waals surface area contributed by atoms with Crippen LogP contribution in [0.2, 0.25) is 0 Å². The number of aromatic hydroxyl groups is 1. The molecule has 3 aromatic rings. The molecule has 0 bridgehead atoms. The number of halogens is 3. The number of ketones is 1. The van der Waals surface area contributed by atoms with Crippen molar-refractivity contribution in [3.8, 4) is 17.4 Å². The first-order valence-electron chi connectivity index (χ1n) is 15.6. The predicted molar refractivity (Wildman–Crippen MR) is 183 cm³/mol. The molecule has 1 aliphatic carbocycles. The first-order valence-corrected chi connectivity index (χ1v) is 16.0. The Kier molecular flexibility index (Phi) is 12.5. The minimum Gasteiger partial charge on any atom is -0.507 e. The van der Waals surface area contributed by atoms with Crippen LogP contribution in [-0.2, 0) is 17.3 Å². The Morgan fingerprint density at radius 3 is 2.60 bits per heavy atom. The molecule has 0 radical (unpaired) electrons. The number of rotatable bonds is 13. The van der Waals surface area contributed by atoms with Gasteiger partial charge in [-0.15, -0.1) is 0 Å². The van der Waals surface area contributed by atoms with Crippen LogP contribution in [0.25, 0.3) is 12.2 Å². The first-order chi connectivity index (χ1) is 23.8. The van der Waals surface area contributed by atoms with Crippen LogP contribution in [0.5, 0.6) is 17.4 Å². The van der Waals surface area contributed by atoms with Gasteiger partial charge < -0.3 is 28.8 Å². The molecule has 264 valence electrons. The number of aliphatic hydroxyl groups excluding tert-OH is 1. The Balaban J connectivity index is 1.69. The lowest BCUT2D eigenvalue weighted by atomic mass is 9.88. The zero-order valence-corrected chi connectivity index (χ0v) is 28.2. The molecule has 4 rings (SSSR count). The molecule has 1 aliphatic rings. The number of carbonyl (C=O) groups excluding carboxylic acids is 2. The number of thiocarbonyl (C=S) groups is 1. The summed E-state index contributed by atoms with van der Waals surface area (Å²) in [6.45, 7) is 3.49. The second kappa shape index (κ2) is 16.6. The van der Waals surface area contributed by atoms with Gasteiger partial charge >= 0.3 is 18.3 Å². The molecule has 0 aliphatic heterocycles. The maximum Gasteiger partial charge on any atom is 0.516 e. The topological polar surface area (TPSA) is 132 Å². The van der Waals surface area contributed by atoms with Gasteiger partial charge in [0.1, 0.15) is 16.9 Å². The summed E-state index contributed by atoms with van der Waals surface area (Å²) in [6.07, 6.45) is 3.22. The maximum atomic E-state index is 13.9. The molecule has 0 saturated carbocycles. The van der Waals surface area contributed by atoms with Gasteiger partial charge in [0.15, 0.2) is 11.2 Å². The number of alkyl halides is 3. The van der Waals surface area contributed by atoms with Gasteiger partial charge in [-0.3, -0.25) is 9.59 Å². The van der Waals surface area contributed by atoms with E-state index in [0.29, 0.717) is 35.4 Å². The van der Waals surface area contributed by atoms with Crippen LogP contribution in [0.4, 0.5) is 18.0 Å². The SMILES string of the molecule is CCCc1c(OCC/C=C\C=C\[C@@H](c2c(OC(=O)OC)oc3c(c2=O)=CCC(=S)C=3)[C@@H](O)c2cccc(C(F)(F)F)c2)ccc(C(C)=O)c1O. The summed E-state index contributed by atoms with van der Waals surface area (Å²) in [6, 6.07) is 7.16. The normalized spacial score (nSPS) is 14.1. The molecule has 13 heteroatoms. The zero-order chi connectivity index (χ0) is 36.6. The molecule has 2 aromatic carbocycles. The molecule has 9 nitrogen and oxygen atoms in total. The summed E-state index contributed by atoms with van der Waals surface area (Å²) in [5, 5.41) is 22.2. The quantitative estimate of drug-likeness (QED) is 0.0675. The highest BCUT2D eigenvalue weighted by Gasteiger charge is 2.34. The van der Waals surface area contributed by atoms with Crippen LogP contribution >= 0.6 is 12.2 Å². The van der Waals surface area contributed by atoms with E-state index in [9.17, 15) is 37.8 Å². The molecular weight excluding hydrogens is 677 g/mol. The summed E-state index contributed by atoms with van der Waals surface area (Å²) in [5.74, 6) is -1.93. The highest BCUT2D eigenvalue weighted by Crippen LogP contribution is 2.38. The number of aliphatic hydroxyl groups is 1. The van der Waals surface area contributed by atoms with E-state index in [4.69, 9.17) is 26.1 Å². The number of phenols is 1. The average Bonchev–Trinajstić information content (AvgIpc) is 3.07. The van der Waals surface area contributed by atoms with Crippen molar-refractivity contribution < 1.29 is 51.6 Å².